The molecule has 1 rings (SSSR count). The quantitative estimate of drug-likeness (QED) is 0.0253. The molecule has 0 saturated carbocycles. The number of rotatable bonds is 43. The van der Waals surface area contributed by atoms with Gasteiger partial charge in [-0.1, -0.05) is 74.8 Å². The molecule has 0 heterocycles. The van der Waals surface area contributed by atoms with Gasteiger partial charge in [-0.15, -0.1) is 0 Å². The first kappa shape index (κ1) is 76.6. The largest absolute Gasteiger partial charge is 0.480 e. The number of benzene rings is 1. The summed E-state index contributed by atoms with van der Waals surface area (Å²) in [5.41, 5.74) is 27.2. The molecule has 480 valence electrons. The molecule has 0 bridgehead atoms. The van der Waals surface area contributed by atoms with Crippen molar-refractivity contribution < 1.29 is 58.5 Å². The molecular formula is C60H102N12O12S. The maximum absolute atomic E-state index is 14.4. The minimum absolute atomic E-state index is 0.00453. The second kappa shape index (κ2) is 42.4. The fourth-order valence-electron chi connectivity index (χ4n) is 8.61. The molecule has 9 atom stereocenters. The first-order valence-electron chi connectivity index (χ1n) is 29.6. The number of unbranched alkanes of at least 4 members (excludes halogenated alkanes) is 3. The highest BCUT2D eigenvalue weighted by atomic mass is 32.2. The lowest BCUT2D eigenvalue weighted by Gasteiger charge is -2.29. The van der Waals surface area contributed by atoms with E-state index >= 15 is 0 Å². The number of aliphatic hydroxyl groups excluding tert-OH is 2. The molecule has 0 spiro atoms. The predicted molar refractivity (Wildman–Crippen MR) is 333 cm³/mol. The Morgan fingerprint density at radius 2 is 0.929 bits per heavy atom. The summed E-state index contributed by atoms with van der Waals surface area (Å²) in [5.74, 6) is -8.54. The molecule has 0 aliphatic rings. The Labute approximate surface area is 507 Å². The van der Waals surface area contributed by atoms with Crippen LogP contribution in [-0.2, 0) is 38.4 Å². The summed E-state index contributed by atoms with van der Waals surface area (Å²) in [7, 11) is 0. The Morgan fingerprint density at radius 3 is 1.41 bits per heavy atom. The molecule has 0 aliphatic carbocycles. The summed E-state index contributed by atoms with van der Waals surface area (Å²) in [6, 6.07) is -4.86. The Hall–Kier alpha value is -6.38. The van der Waals surface area contributed by atoms with Crippen molar-refractivity contribution in [2.75, 3.05) is 43.5 Å². The summed E-state index contributed by atoms with van der Waals surface area (Å²) in [4.78, 5) is 123. The van der Waals surface area contributed by atoms with Gasteiger partial charge in [0, 0.05) is 17.2 Å². The number of para-hydroxylation sites is 1. The van der Waals surface area contributed by atoms with Gasteiger partial charge in [0.25, 0.3) is 5.91 Å². The number of nitrogens with two attached hydrogens (primary N) is 4. The van der Waals surface area contributed by atoms with Crippen LogP contribution in [0, 0.1) is 11.8 Å². The van der Waals surface area contributed by atoms with Gasteiger partial charge in [-0.3, -0.25) is 38.4 Å². The van der Waals surface area contributed by atoms with Gasteiger partial charge in [0.1, 0.15) is 48.3 Å². The predicted octanol–water partition coefficient (Wildman–Crippen LogP) is 2.07. The van der Waals surface area contributed by atoms with E-state index in [9.17, 15) is 58.5 Å². The highest BCUT2D eigenvalue weighted by Crippen LogP contribution is 2.16. The molecule has 1 aromatic carbocycles. The van der Waals surface area contributed by atoms with Gasteiger partial charge < -0.3 is 80.8 Å². The Kier molecular flexibility index (Phi) is 38.3. The molecule has 85 heavy (non-hydrogen) atoms. The number of carboxylic acid groups (broad SMARTS) is 1. The summed E-state index contributed by atoms with van der Waals surface area (Å²) in [6.07, 6.45) is 10.9. The average Bonchev–Trinajstić information content (AvgIpc) is 3.65. The van der Waals surface area contributed by atoms with Crippen molar-refractivity contribution in [1.29, 1.82) is 0 Å². The normalized spacial score (nSPS) is 14.9. The van der Waals surface area contributed by atoms with E-state index in [1.807, 2.05) is 13.0 Å². The number of nitrogen functional groups attached to an aromatic ring is 1. The minimum atomic E-state index is -1.73. The molecule has 0 aliphatic heterocycles. The maximum atomic E-state index is 14.4. The molecule has 0 unspecified atom stereocenters. The van der Waals surface area contributed by atoms with E-state index in [4.69, 9.17) is 22.9 Å². The third-order valence-electron chi connectivity index (χ3n) is 13.9. The number of thioether (sulfide) groups is 1. The van der Waals surface area contributed by atoms with Crippen molar-refractivity contribution in [2.45, 2.75) is 200 Å². The number of allylic oxidation sites excluding steroid dienone is 5. The van der Waals surface area contributed by atoms with Crippen molar-refractivity contribution in [3.63, 3.8) is 0 Å². The van der Waals surface area contributed by atoms with Crippen molar-refractivity contribution >= 4 is 70.7 Å². The molecule has 19 N–H and O–H groups in total. The molecule has 0 aromatic heterocycles. The van der Waals surface area contributed by atoms with Crippen LogP contribution >= 0.6 is 11.8 Å². The summed E-state index contributed by atoms with van der Waals surface area (Å²) < 4.78 is 0. The lowest BCUT2D eigenvalue weighted by Crippen LogP contribution is -2.62. The Balaban J connectivity index is 3.53. The van der Waals surface area contributed by atoms with Crippen LogP contribution in [0.5, 0.6) is 0 Å². The van der Waals surface area contributed by atoms with Crippen LogP contribution in [0.4, 0.5) is 5.69 Å². The van der Waals surface area contributed by atoms with E-state index in [0.29, 0.717) is 50.8 Å². The summed E-state index contributed by atoms with van der Waals surface area (Å²) >= 11 is 1.33. The van der Waals surface area contributed by atoms with Crippen LogP contribution in [0.15, 0.2) is 59.2 Å². The van der Waals surface area contributed by atoms with E-state index in [1.54, 1.807) is 39.8 Å². The fraction of sp³-hybridized carbons (Fsp3) is 0.650. The molecule has 1 aromatic rings. The number of carbonyl (C=O) groups is 9. The zero-order chi connectivity index (χ0) is 64.2. The number of carboxylic acids is 1. The highest BCUT2D eigenvalue weighted by molar-refractivity contribution is 7.99. The topological polar surface area (TPSA) is 415 Å². The monoisotopic (exact) mass is 1210 g/mol. The fourth-order valence-corrected chi connectivity index (χ4v) is 9.62. The van der Waals surface area contributed by atoms with Gasteiger partial charge in [-0.25, -0.2) is 4.79 Å². The SMILES string of the molecule is CC(C)=CCC/C(C)=C/CC/C(C)=C/CSC[C@H](NC(=O)[C@H](CCCCN)NC(=O)[C@@H](NC(=O)[C@H](CCCCN)NC(=O)[C@H](CO)NC(=O)[C@H](CCCCN)NC(=O)c1ccccc1N)[C@@H](C)O)C(=O)N[C@H](C(=O)N[C@H](C(=O)O)C(C)C)C(C)C. The molecule has 0 fully saturated rings. The van der Waals surface area contributed by atoms with Gasteiger partial charge >= 0.3 is 5.97 Å². The third-order valence-corrected chi connectivity index (χ3v) is 14.9. The van der Waals surface area contributed by atoms with Gasteiger partial charge in [0.15, 0.2) is 0 Å². The number of hydrogen-bond donors (Lipinski definition) is 15. The van der Waals surface area contributed by atoms with Crippen LogP contribution in [0.3, 0.4) is 0 Å². The van der Waals surface area contributed by atoms with Crippen molar-refractivity contribution in [2.24, 2.45) is 29.0 Å². The molecule has 0 saturated heterocycles. The number of aliphatic hydroxyl groups is 2. The van der Waals surface area contributed by atoms with E-state index in [-0.39, 0.29) is 49.4 Å². The van der Waals surface area contributed by atoms with E-state index in [0.717, 1.165) is 31.3 Å². The van der Waals surface area contributed by atoms with Crippen LogP contribution in [0.2, 0.25) is 0 Å². The van der Waals surface area contributed by atoms with Gasteiger partial charge in [-0.2, -0.15) is 11.8 Å². The first-order valence-corrected chi connectivity index (χ1v) is 30.8. The molecular weight excluding hydrogens is 1110 g/mol. The number of anilines is 1. The number of hydrogen-bond acceptors (Lipinski definition) is 16. The molecule has 0 radical (unpaired) electrons. The molecule has 25 heteroatoms. The highest BCUT2D eigenvalue weighted by Gasteiger charge is 2.37. The standard InChI is InChI=1S/C60H102N12O12S/c1-36(2)20-18-21-39(7)22-19-23-40(8)29-33-85-35-48(57(80)70-49(37(3)4)58(81)71-50(38(5)6)60(83)84)69-54(77)45(27-13-16-31-62)67-59(82)51(41(9)74)72-55(78)46(28-14-17-32-63)66-56(79)47(34-73)68-53(76)44(26-12-15-30-61)65-52(75)42-24-10-11-25-43(42)64/h10-11,20,22,24-25,29,37-38,41,44-51,73-74H,12-19,21,23,26-28,30-35,61-64H2,1-9H3,(H,65,75)(H,66,79)(H,67,82)(H,68,76)(H,69,77)(H,70,80)(H,71,81)(H,72,78)(H,83,84)/b39-22+,40-29+/t41-,44+,45+,46+,47+,48+,49+,50+,51+/m1/s1. The van der Waals surface area contributed by atoms with E-state index in [1.165, 1.54) is 42.0 Å². The second-order valence-corrected chi connectivity index (χ2v) is 23.5. The Morgan fingerprint density at radius 1 is 0.518 bits per heavy atom. The number of amides is 8. The Bertz CT molecular complexity index is 2380. The number of nitrogens with one attached hydrogen (secondary N) is 8. The lowest BCUT2D eigenvalue weighted by molar-refractivity contribution is -0.144. The lowest BCUT2D eigenvalue weighted by atomic mass is 10.00. The van der Waals surface area contributed by atoms with Gasteiger partial charge in [0.2, 0.25) is 41.4 Å². The second-order valence-electron chi connectivity index (χ2n) is 22.4. The first-order chi connectivity index (χ1) is 40.2. The van der Waals surface area contributed by atoms with E-state index < -0.39 is 126 Å². The average molecular weight is 1220 g/mol. The maximum Gasteiger partial charge on any atom is 0.326 e. The summed E-state index contributed by atoms with van der Waals surface area (Å²) in [6.45, 7) is 15.9. The molecule has 24 nitrogen and oxygen atoms in total. The van der Waals surface area contributed by atoms with Crippen molar-refractivity contribution in [3.05, 3.63) is 64.8 Å². The van der Waals surface area contributed by atoms with Gasteiger partial charge in [0.05, 0.1) is 18.3 Å². The molecule has 8 amide bonds. The van der Waals surface area contributed by atoms with Crippen molar-refractivity contribution in [1.82, 2.24) is 42.5 Å². The zero-order valence-electron chi connectivity index (χ0n) is 51.6. The van der Waals surface area contributed by atoms with Crippen LogP contribution in [0.1, 0.15) is 156 Å². The zero-order valence-corrected chi connectivity index (χ0v) is 52.4. The van der Waals surface area contributed by atoms with Crippen LogP contribution in [-0.4, -0.2) is 161 Å². The van der Waals surface area contributed by atoms with Gasteiger partial charge in [-0.05, 0) is 162 Å². The van der Waals surface area contributed by atoms with E-state index in [2.05, 4.69) is 75.5 Å². The third kappa shape index (κ3) is 30.5. The van der Waals surface area contributed by atoms with Crippen LogP contribution in [0.25, 0.3) is 0 Å². The number of aliphatic carboxylic acids is 1. The summed E-state index contributed by atoms with van der Waals surface area (Å²) in [5, 5.41) is 51.9. The van der Waals surface area contributed by atoms with Crippen molar-refractivity contribution in [3.8, 4) is 0 Å². The minimum Gasteiger partial charge on any atom is -0.480 e. The van der Waals surface area contributed by atoms with Crippen LogP contribution < -0.4 is 65.5 Å². The number of carbonyl (C=O) groups excluding carboxylic acids is 8. The smallest absolute Gasteiger partial charge is 0.326 e.